The predicted molar refractivity (Wildman–Crippen MR) is 95.7 cm³/mol. The Bertz CT molecular complexity index is 670. The third kappa shape index (κ3) is 3.18. The van der Waals surface area contributed by atoms with Gasteiger partial charge in [0.2, 0.25) is 0 Å². The van der Waals surface area contributed by atoms with E-state index in [1.54, 1.807) is 16.7 Å². The van der Waals surface area contributed by atoms with Crippen LogP contribution in [-0.4, -0.2) is 41.7 Å². The molecule has 1 amide bonds. The molecular formula is C19H25NO3S. The van der Waals surface area contributed by atoms with Crippen molar-refractivity contribution in [2.24, 2.45) is 5.41 Å². The molecule has 1 aliphatic carbocycles. The third-order valence-corrected chi connectivity index (χ3v) is 5.67. The molecule has 1 heterocycles. The number of piperidine rings is 1. The van der Waals surface area contributed by atoms with Gasteiger partial charge >= 0.3 is 6.09 Å². The lowest BCUT2D eigenvalue weighted by molar-refractivity contribution is 0.0114. The fourth-order valence-electron chi connectivity index (χ4n) is 3.63. The first-order chi connectivity index (χ1) is 11.2. The molecule has 0 aromatic heterocycles. The number of Topliss-reactive ketones (excluding diaryl/α,β-unsaturated/α-hetero) is 1. The Balaban J connectivity index is 1.70. The van der Waals surface area contributed by atoms with Crippen LogP contribution in [0.15, 0.2) is 23.1 Å². The zero-order chi connectivity index (χ0) is 17.5. The smallest absolute Gasteiger partial charge is 0.410 e. The fraction of sp³-hybridized carbons (Fsp3) is 0.579. The second-order valence-electron chi connectivity index (χ2n) is 7.78. The number of benzene rings is 1. The molecular weight excluding hydrogens is 322 g/mol. The van der Waals surface area contributed by atoms with Crippen molar-refractivity contribution in [2.75, 3.05) is 19.3 Å². The molecule has 1 aliphatic heterocycles. The first kappa shape index (κ1) is 17.3. The molecule has 1 aromatic rings. The van der Waals surface area contributed by atoms with Gasteiger partial charge in [0.05, 0.1) is 0 Å². The summed E-state index contributed by atoms with van der Waals surface area (Å²) in [6.07, 6.45) is 3.99. The summed E-state index contributed by atoms with van der Waals surface area (Å²) in [5, 5.41) is 0. The number of fused-ring (bicyclic) bond motifs is 1. The lowest BCUT2D eigenvalue weighted by Gasteiger charge is -2.38. The van der Waals surface area contributed by atoms with Crippen molar-refractivity contribution in [3.05, 3.63) is 29.3 Å². The number of rotatable bonds is 1. The van der Waals surface area contributed by atoms with E-state index in [9.17, 15) is 9.59 Å². The Kier molecular flexibility index (Phi) is 4.41. The molecule has 0 bridgehead atoms. The van der Waals surface area contributed by atoms with E-state index in [-0.39, 0.29) is 17.3 Å². The number of hydrogen-bond donors (Lipinski definition) is 0. The van der Waals surface area contributed by atoms with Gasteiger partial charge in [-0.25, -0.2) is 4.79 Å². The van der Waals surface area contributed by atoms with Crippen molar-refractivity contribution in [3.8, 4) is 0 Å². The Labute approximate surface area is 147 Å². The summed E-state index contributed by atoms with van der Waals surface area (Å²) in [5.41, 5.74) is 1.23. The van der Waals surface area contributed by atoms with E-state index in [1.165, 1.54) is 0 Å². The molecule has 2 aliphatic rings. The highest BCUT2D eigenvalue weighted by atomic mass is 32.2. The minimum atomic E-state index is -0.486. The van der Waals surface area contributed by atoms with Gasteiger partial charge in [0.25, 0.3) is 0 Å². The highest BCUT2D eigenvalue weighted by molar-refractivity contribution is 7.98. The largest absolute Gasteiger partial charge is 0.444 e. The van der Waals surface area contributed by atoms with Gasteiger partial charge in [-0.3, -0.25) is 4.79 Å². The monoisotopic (exact) mass is 347 g/mol. The average molecular weight is 347 g/mol. The summed E-state index contributed by atoms with van der Waals surface area (Å²) in [5.74, 6) is 0.261. The molecule has 1 fully saturated rings. The fourth-order valence-corrected chi connectivity index (χ4v) is 4.07. The van der Waals surface area contributed by atoms with E-state index in [4.69, 9.17) is 4.74 Å². The topological polar surface area (TPSA) is 46.6 Å². The van der Waals surface area contributed by atoms with Crippen molar-refractivity contribution in [1.29, 1.82) is 0 Å². The third-order valence-electron chi connectivity index (χ3n) is 4.94. The first-order valence-corrected chi connectivity index (χ1v) is 9.66. The summed E-state index contributed by atoms with van der Waals surface area (Å²) in [6, 6.07) is 6.21. The molecule has 0 unspecified atom stereocenters. The van der Waals surface area contributed by atoms with Crippen molar-refractivity contribution < 1.29 is 14.3 Å². The van der Waals surface area contributed by atoms with Gasteiger partial charge in [-0.2, -0.15) is 0 Å². The van der Waals surface area contributed by atoms with E-state index in [0.717, 1.165) is 22.4 Å². The summed E-state index contributed by atoms with van der Waals surface area (Å²) in [4.78, 5) is 28.1. The second kappa shape index (κ2) is 6.10. The molecule has 130 valence electrons. The molecule has 5 heteroatoms. The SMILES string of the molecule is CSc1ccc2c(c1)C(=O)C1(CCN(C(=O)OC(C)(C)C)CC1)C2. The van der Waals surface area contributed by atoms with Crippen molar-refractivity contribution in [2.45, 2.75) is 50.5 Å². The number of carbonyl (C=O) groups excluding carboxylic acids is 2. The molecule has 0 N–H and O–H groups in total. The summed E-state index contributed by atoms with van der Waals surface area (Å²) in [7, 11) is 0. The summed E-state index contributed by atoms with van der Waals surface area (Å²) in [6.45, 7) is 6.79. The molecule has 0 saturated carbocycles. The van der Waals surface area contributed by atoms with Crippen LogP contribution in [0.5, 0.6) is 0 Å². The van der Waals surface area contributed by atoms with Gasteiger partial charge in [0.15, 0.2) is 5.78 Å². The number of nitrogens with zero attached hydrogens (tertiary/aromatic N) is 1. The average Bonchev–Trinajstić information content (AvgIpc) is 2.78. The van der Waals surface area contributed by atoms with Crippen LogP contribution in [0.25, 0.3) is 0 Å². The van der Waals surface area contributed by atoms with Crippen LogP contribution in [0.1, 0.15) is 49.5 Å². The van der Waals surface area contributed by atoms with Gasteiger partial charge in [0, 0.05) is 29.0 Å². The molecule has 1 aromatic carbocycles. The van der Waals surface area contributed by atoms with E-state index in [0.29, 0.717) is 25.9 Å². The Morgan fingerprint density at radius 3 is 2.50 bits per heavy atom. The molecule has 24 heavy (non-hydrogen) atoms. The maximum Gasteiger partial charge on any atom is 0.410 e. The molecule has 3 rings (SSSR count). The molecule has 4 nitrogen and oxygen atoms in total. The summed E-state index contributed by atoms with van der Waals surface area (Å²) < 4.78 is 5.45. The van der Waals surface area contributed by atoms with E-state index in [1.807, 2.05) is 33.1 Å². The number of ketones is 1. The Morgan fingerprint density at radius 1 is 1.25 bits per heavy atom. The Morgan fingerprint density at radius 2 is 1.92 bits per heavy atom. The van der Waals surface area contributed by atoms with Crippen LogP contribution >= 0.6 is 11.8 Å². The first-order valence-electron chi connectivity index (χ1n) is 8.44. The van der Waals surface area contributed by atoms with Crippen LogP contribution in [0.4, 0.5) is 4.79 Å². The number of amides is 1. The van der Waals surface area contributed by atoms with Crippen molar-refractivity contribution >= 4 is 23.6 Å². The number of carbonyl (C=O) groups is 2. The second-order valence-corrected chi connectivity index (χ2v) is 8.66. The molecule has 0 radical (unpaired) electrons. The highest BCUT2D eigenvalue weighted by Crippen LogP contribution is 2.45. The lowest BCUT2D eigenvalue weighted by atomic mass is 9.75. The standard InChI is InChI=1S/C19H25NO3S/c1-18(2,3)23-17(22)20-9-7-19(8-10-20)12-13-5-6-14(24-4)11-15(13)16(19)21/h5-6,11H,7-10,12H2,1-4H3. The van der Waals surface area contributed by atoms with Gasteiger partial charge in [-0.05, 0) is 64.0 Å². The quantitative estimate of drug-likeness (QED) is 0.716. The maximum absolute atomic E-state index is 13.0. The Hall–Kier alpha value is -1.49. The normalized spacial score (nSPS) is 19.5. The van der Waals surface area contributed by atoms with Crippen LogP contribution in [0.3, 0.4) is 0 Å². The van der Waals surface area contributed by atoms with Crippen LogP contribution < -0.4 is 0 Å². The van der Waals surface area contributed by atoms with Crippen molar-refractivity contribution in [1.82, 2.24) is 4.90 Å². The number of thioether (sulfide) groups is 1. The van der Waals surface area contributed by atoms with Gasteiger partial charge < -0.3 is 9.64 Å². The maximum atomic E-state index is 13.0. The molecule has 1 saturated heterocycles. The number of likely N-dealkylation sites (tertiary alicyclic amines) is 1. The van der Waals surface area contributed by atoms with Crippen LogP contribution in [0, 0.1) is 5.41 Å². The van der Waals surface area contributed by atoms with Crippen molar-refractivity contribution in [3.63, 3.8) is 0 Å². The van der Waals surface area contributed by atoms with Gasteiger partial charge in [0.1, 0.15) is 5.60 Å². The highest BCUT2D eigenvalue weighted by Gasteiger charge is 2.47. The minimum absolute atomic E-state index is 0.261. The summed E-state index contributed by atoms with van der Waals surface area (Å²) >= 11 is 1.66. The van der Waals surface area contributed by atoms with Gasteiger partial charge in [-0.1, -0.05) is 6.07 Å². The van der Waals surface area contributed by atoms with Gasteiger partial charge in [-0.15, -0.1) is 11.8 Å². The minimum Gasteiger partial charge on any atom is -0.444 e. The van der Waals surface area contributed by atoms with E-state index in [2.05, 4.69) is 12.1 Å². The zero-order valence-corrected chi connectivity index (χ0v) is 15.7. The molecule has 0 atom stereocenters. The van der Waals surface area contributed by atoms with E-state index >= 15 is 0 Å². The number of hydrogen-bond acceptors (Lipinski definition) is 4. The lowest BCUT2D eigenvalue weighted by Crippen LogP contribution is -2.47. The number of ether oxygens (including phenoxy) is 1. The van der Waals surface area contributed by atoms with Crippen LogP contribution in [-0.2, 0) is 11.2 Å². The molecule has 1 spiro atoms. The van der Waals surface area contributed by atoms with Crippen LogP contribution in [0.2, 0.25) is 0 Å². The zero-order valence-electron chi connectivity index (χ0n) is 14.8. The van der Waals surface area contributed by atoms with E-state index < -0.39 is 5.60 Å². The predicted octanol–water partition coefficient (Wildman–Crippen LogP) is 4.16.